The van der Waals surface area contributed by atoms with Crippen molar-refractivity contribution >= 4 is 5.97 Å². The fraction of sp³-hybridized carbons (Fsp3) is 0.769. The van der Waals surface area contributed by atoms with Gasteiger partial charge in [-0.3, -0.25) is 4.79 Å². The summed E-state index contributed by atoms with van der Waals surface area (Å²) >= 11 is 0. The molecule has 0 radical (unpaired) electrons. The minimum Gasteiger partial charge on any atom is -0.461 e. The van der Waals surface area contributed by atoms with Crippen molar-refractivity contribution in [1.29, 1.82) is 0 Å². The molecule has 2 saturated heterocycles. The smallest absolute Gasteiger partial charge is 0.307 e. The first-order chi connectivity index (χ1) is 8.69. The highest BCUT2D eigenvalue weighted by molar-refractivity contribution is 5.66. The van der Waals surface area contributed by atoms with Crippen molar-refractivity contribution < 1.29 is 28.5 Å². The van der Waals surface area contributed by atoms with Crippen LogP contribution in [0.25, 0.3) is 0 Å². The van der Waals surface area contributed by atoms with Crippen LogP contribution in [0.5, 0.6) is 0 Å². The van der Waals surface area contributed by atoms with E-state index in [0.29, 0.717) is 12.4 Å². The highest BCUT2D eigenvalue weighted by Crippen LogP contribution is 2.37. The first-order valence-electron chi connectivity index (χ1n) is 6.24. The van der Waals surface area contributed by atoms with Gasteiger partial charge in [-0.2, -0.15) is 0 Å². The fourth-order valence-corrected chi connectivity index (χ4v) is 2.09. The standard InChI is InChI=1S/C13H20O6/c1-8(14)15-6-9-11(19-13(4,5)18-9)10-7-16-12(2,3)17-10/h6,10-11H,7H2,1-5H3/b9-6-/t10-,11+/m1/s1. The molecule has 0 aromatic rings. The summed E-state index contributed by atoms with van der Waals surface area (Å²) in [5.41, 5.74) is 0. The summed E-state index contributed by atoms with van der Waals surface area (Å²) in [6.07, 6.45) is 0.533. The molecular formula is C13H20O6. The molecule has 19 heavy (non-hydrogen) atoms. The minimum atomic E-state index is -0.785. The molecule has 2 atom stereocenters. The van der Waals surface area contributed by atoms with E-state index in [1.165, 1.54) is 13.2 Å². The topological polar surface area (TPSA) is 63.2 Å². The van der Waals surface area contributed by atoms with Crippen LogP contribution in [-0.2, 0) is 28.5 Å². The van der Waals surface area contributed by atoms with Gasteiger partial charge in [-0.1, -0.05) is 0 Å². The summed E-state index contributed by atoms with van der Waals surface area (Å²) in [6.45, 7) is 8.97. The Kier molecular flexibility index (Phi) is 3.59. The van der Waals surface area contributed by atoms with Gasteiger partial charge >= 0.3 is 5.97 Å². The lowest BCUT2D eigenvalue weighted by Crippen LogP contribution is -2.33. The molecule has 0 unspecified atom stereocenters. The molecule has 0 saturated carbocycles. The van der Waals surface area contributed by atoms with Crippen molar-refractivity contribution in [3.63, 3.8) is 0 Å². The van der Waals surface area contributed by atoms with E-state index < -0.39 is 23.6 Å². The van der Waals surface area contributed by atoms with E-state index in [9.17, 15) is 4.79 Å². The van der Waals surface area contributed by atoms with Crippen molar-refractivity contribution in [2.45, 2.75) is 58.4 Å². The van der Waals surface area contributed by atoms with Crippen molar-refractivity contribution in [2.24, 2.45) is 0 Å². The number of hydrogen-bond acceptors (Lipinski definition) is 6. The molecule has 2 fully saturated rings. The van der Waals surface area contributed by atoms with Gasteiger partial charge in [0.05, 0.1) is 6.61 Å². The molecule has 2 aliphatic rings. The first kappa shape index (κ1) is 14.3. The zero-order valence-electron chi connectivity index (χ0n) is 11.9. The zero-order valence-corrected chi connectivity index (χ0v) is 11.9. The molecule has 2 rings (SSSR count). The number of esters is 1. The third kappa shape index (κ3) is 3.46. The number of rotatable bonds is 2. The van der Waals surface area contributed by atoms with E-state index >= 15 is 0 Å². The van der Waals surface area contributed by atoms with E-state index in [2.05, 4.69) is 0 Å². The van der Waals surface area contributed by atoms with E-state index in [4.69, 9.17) is 23.7 Å². The molecular weight excluding hydrogens is 252 g/mol. The van der Waals surface area contributed by atoms with Gasteiger partial charge in [-0.05, 0) is 13.8 Å². The van der Waals surface area contributed by atoms with E-state index in [1.807, 2.05) is 13.8 Å². The maximum atomic E-state index is 10.9. The summed E-state index contributed by atoms with van der Waals surface area (Å²) in [5, 5.41) is 0. The van der Waals surface area contributed by atoms with Gasteiger partial charge < -0.3 is 23.7 Å². The second-order valence-corrected chi connectivity index (χ2v) is 5.54. The van der Waals surface area contributed by atoms with Crippen molar-refractivity contribution in [3.8, 4) is 0 Å². The van der Waals surface area contributed by atoms with Crippen LogP contribution in [0.3, 0.4) is 0 Å². The van der Waals surface area contributed by atoms with Crippen molar-refractivity contribution in [3.05, 3.63) is 12.0 Å². The summed E-state index contributed by atoms with van der Waals surface area (Å²) < 4.78 is 27.5. The molecule has 0 aromatic carbocycles. The van der Waals surface area contributed by atoms with Gasteiger partial charge in [0.2, 0.25) is 5.79 Å². The summed E-state index contributed by atoms with van der Waals surface area (Å²) in [6, 6.07) is 0. The Morgan fingerprint density at radius 1 is 1.26 bits per heavy atom. The van der Waals surface area contributed by atoms with Gasteiger partial charge in [0.25, 0.3) is 0 Å². The normalized spacial score (nSPS) is 34.3. The molecule has 2 heterocycles. The van der Waals surface area contributed by atoms with Crippen LogP contribution in [0.4, 0.5) is 0 Å². The van der Waals surface area contributed by atoms with E-state index in [0.717, 1.165) is 0 Å². The van der Waals surface area contributed by atoms with Crippen LogP contribution in [-0.4, -0.2) is 36.4 Å². The molecule has 0 N–H and O–H groups in total. The Labute approximate surface area is 112 Å². The lowest BCUT2D eigenvalue weighted by atomic mass is 10.2. The van der Waals surface area contributed by atoms with Crippen molar-refractivity contribution in [1.82, 2.24) is 0 Å². The number of hydrogen-bond donors (Lipinski definition) is 0. The number of carbonyl (C=O) groups excluding carboxylic acids is 1. The highest BCUT2D eigenvalue weighted by Gasteiger charge is 2.48. The second kappa shape index (κ2) is 4.77. The van der Waals surface area contributed by atoms with E-state index in [-0.39, 0.29) is 6.10 Å². The van der Waals surface area contributed by atoms with Crippen molar-refractivity contribution in [2.75, 3.05) is 6.61 Å². The molecule has 0 aromatic heterocycles. The lowest BCUT2D eigenvalue weighted by molar-refractivity contribution is -0.174. The molecule has 0 aliphatic carbocycles. The summed E-state index contributed by atoms with van der Waals surface area (Å²) in [4.78, 5) is 10.9. The van der Waals surface area contributed by atoms with Crippen LogP contribution >= 0.6 is 0 Å². The van der Waals surface area contributed by atoms with Crippen LogP contribution < -0.4 is 0 Å². The van der Waals surface area contributed by atoms with Crippen LogP contribution in [0.1, 0.15) is 34.6 Å². The molecule has 6 nitrogen and oxygen atoms in total. The highest BCUT2D eigenvalue weighted by atomic mass is 16.8. The monoisotopic (exact) mass is 272 g/mol. The molecule has 0 amide bonds. The molecule has 108 valence electrons. The molecule has 2 aliphatic heterocycles. The van der Waals surface area contributed by atoms with Gasteiger partial charge in [0.15, 0.2) is 17.7 Å². The Bertz CT molecular complexity index is 398. The number of ether oxygens (including phenoxy) is 5. The molecule has 0 bridgehead atoms. The van der Waals surface area contributed by atoms with Crippen LogP contribution in [0.2, 0.25) is 0 Å². The second-order valence-electron chi connectivity index (χ2n) is 5.54. The van der Waals surface area contributed by atoms with Crippen LogP contribution in [0.15, 0.2) is 12.0 Å². The Morgan fingerprint density at radius 3 is 2.47 bits per heavy atom. The largest absolute Gasteiger partial charge is 0.461 e. The number of carbonyl (C=O) groups is 1. The third-order valence-electron chi connectivity index (χ3n) is 2.76. The molecule has 0 spiro atoms. The zero-order chi connectivity index (χ0) is 14.3. The third-order valence-corrected chi connectivity index (χ3v) is 2.76. The van der Waals surface area contributed by atoms with Gasteiger partial charge in [-0.25, -0.2) is 0 Å². The predicted molar refractivity (Wildman–Crippen MR) is 64.8 cm³/mol. The maximum absolute atomic E-state index is 10.9. The minimum absolute atomic E-state index is 0.293. The SMILES string of the molecule is CC(=O)O/C=C1\OC(C)(C)O[C@@H]1[C@H]1COC(C)(C)O1. The average Bonchev–Trinajstić information content (AvgIpc) is 2.75. The van der Waals surface area contributed by atoms with E-state index in [1.54, 1.807) is 13.8 Å². The van der Waals surface area contributed by atoms with Gasteiger partial charge in [-0.15, -0.1) is 0 Å². The Morgan fingerprint density at radius 2 is 1.95 bits per heavy atom. The maximum Gasteiger partial charge on any atom is 0.307 e. The van der Waals surface area contributed by atoms with Gasteiger partial charge in [0.1, 0.15) is 12.4 Å². The first-order valence-corrected chi connectivity index (χ1v) is 6.24. The average molecular weight is 272 g/mol. The Hall–Kier alpha value is -1.11. The van der Waals surface area contributed by atoms with Gasteiger partial charge in [0, 0.05) is 20.8 Å². The lowest BCUT2D eigenvalue weighted by Gasteiger charge is -2.20. The summed E-state index contributed by atoms with van der Waals surface area (Å²) in [5.74, 6) is -1.41. The Balaban J connectivity index is 2.12. The quantitative estimate of drug-likeness (QED) is 0.563. The fourth-order valence-electron chi connectivity index (χ4n) is 2.09. The predicted octanol–water partition coefficient (Wildman–Crippen LogP) is 1.69. The summed E-state index contributed by atoms with van der Waals surface area (Å²) in [7, 11) is 0. The van der Waals surface area contributed by atoms with Crippen LogP contribution in [0, 0.1) is 0 Å². The molecule has 6 heteroatoms.